The number of rotatable bonds is 6. The molecule has 6 nitrogen and oxygen atoms in total. The molecule has 3 aliphatic heterocycles. The molecule has 4 atom stereocenters. The van der Waals surface area contributed by atoms with E-state index in [1.165, 1.54) is 0 Å². The minimum Gasteiger partial charge on any atom is -0.351 e. The van der Waals surface area contributed by atoms with Gasteiger partial charge in [-0.3, -0.25) is 14.6 Å². The fourth-order valence-electron chi connectivity index (χ4n) is 3.64. The van der Waals surface area contributed by atoms with Gasteiger partial charge in [0.05, 0.1) is 10.6 Å². The third kappa shape index (κ3) is 4.40. The highest BCUT2D eigenvalue weighted by atomic mass is 32.2. The Balaban J connectivity index is 1.65. The molecule has 2 bridgehead atoms. The second-order valence-electron chi connectivity index (χ2n) is 6.91. The zero-order chi connectivity index (χ0) is 17.9. The van der Waals surface area contributed by atoms with E-state index in [0.29, 0.717) is 11.3 Å². The second kappa shape index (κ2) is 7.85. The van der Waals surface area contributed by atoms with Gasteiger partial charge in [0.15, 0.2) is 9.84 Å². The molecule has 1 aromatic rings. The molecule has 0 spiro atoms. The molecule has 138 valence electrons. The smallest absolute Gasteiger partial charge is 0.238 e. The van der Waals surface area contributed by atoms with Gasteiger partial charge in [0.1, 0.15) is 6.04 Å². The van der Waals surface area contributed by atoms with Crippen LogP contribution in [0, 0.1) is 0 Å². The Morgan fingerprint density at radius 3 is 2.68 bits per heavy atom. The lowest BCUT2D eigenvalue weighted by atomic mass is 10.1. The summed E-state index contributed by atoms with van der Waals surface area (Å²) in [7, 11) is -3.40. The molecule has 7 heteroatoms. The van der Waals surface area contributed by atoms with Crippen molar-refractivity contribution in [1.82, 2.24) is 15.1 Å². The Hall–Kier alpha value is -1.44. The summed E-state index contributed by atoms with van der Waals surface area (Å²) >= 11 is 0. The maximum Gasteiger partial charge on any atom is 0.238 e. The van der Waals surface area contributed by atoms with Gasteiger partial charge in [-0.25, -0.2) is 8.42 Å². The first-order chi connectivity index (χ1) is 12.0. The van der Waals surface area contributed by atoms with Crippen molar-refractivity contribution in [3.05, 3.63) is 30.3 Å². The Morgan fingerprint density at radius 1 is 1.20 bits per heavy atom. The molecule has 4 rings (SSSR count). The molecule has 1 N–H and O–H groups in total. The van der Waals surface area contributed by atoms with E-state index in [2.05, 4.69) is 15.1 Å². The van der Waals surface area contributed by atoms with Crippen LogP contribution in [0.4, 0.5) is 0 Å². The SMILES string of the molecule is CCC(CS(=O)(=O)c1ccccc1)NC(=O)C1CN2CCCN1CC2. The van der Waals surface area contributed by atoms with Crippen LogP contribution in [0.5, 0.6) is 0 Å². The van der Waals surface area contributed by atoms with Gasteiger partial charge in [0.25, 0.3) is 0 Å². The number of amides is 1. The van der Waals surface area contributed by atoms with Crippen molar-refractivity contribution in [3.8, 4) is 0 Å². The zero-order valence-electron chi connectivity index (χ0n) is 14.7. The lowest BCUT2D eigenvalue weighted by Crippen LogP contribution is -2.58. The molecule has 4 unspecified atom stereocenters. The summed E-state index contributed by atoms with van der Waals surface area (Å²) in [5.74, 6) is -0.0999. The molecule has 25 heavy (non-hydrogen) atoms. The molecule has 3 aliphatic rings. The van der Waals surface area contributed by atoms with E-state index in [4.69, 9.17) is 0 Å². The fourth-order valence-corrected chi connectivity index (χ4v) is 5.25. The number of nitrogens with one attached hydrogen (secondary N) is 1. The highest BCUT2D eigenvalue weighted by Gasteiger charge is 2.35. The van der Waals surface area contributed by atoms with Gasteiger partial charge < -0.3 is 5.32 Å². The molecule has 3 fully saturated rings. The summed E-state index contributed by atoms with van der Waals surface area (Å²) in [5.41, 5.74) is 0. The van der Waals surface area contributed by atoms with E-state index in [1.807, 2.05) is 6.92 Å². The minimum absolute atomic E-state index is 0.0401. The van der Waals surface area contributed by atoms with Crippen LogP contribution in [0.25, 0.3) is 0 Å². The van der Waals surface area contributed by atoms with Crippen LogP contribution in [0.3, 0.4) is 0 Å². The highest BCUT2D eigenvalue weighted by molar-refractivity contribution is 7.91. The summed E-state index contributed by atoms with van der Waals surface area (Å²) in [6.07, 6.45) is 1.68. The highest BCUT2D eigenvalue weighted by Crippen LogP contribution is 2.17. The maximum absolute atomic E-state index is 12.8. The predicted molar refractivity (Wildman–Crippen MR) is 97.1 cm³/mol. The van der Waals surface area contributed by atoms with Gasteiger partial charge in [-0.15, -0.1) is 0 Å². The van der Waals surface area contributed by atoms with E-state index < -0.39 is 9.84 Å². The monoisotopic (exact) mass is 365 g/mol. The van der Waals surface area contributed by atoms with Crippen LogP contribution < -0.4 is 5.32 Å². The maximum atomic E-state index is 12.8. The molecular weight excluding hydrogens is 338 g/mol. The van der Waals surface area contributed by atoms with E-state index >= 15 is 0 Å². The zero-order valence-corrected chi connectivity index (χ0v) is 15.5. The Bertz CT molecular complexity index is 689. The molecule has 1 amide bonds. The van der Waals surface area contributed by atoms with Gasteiger partial charge >= 0.3 is 0 Å². The summed E-state index contributed by atoms with van der Waals surface area (Å²) in [5, 5.41) is 2.99. The van der Waals surface area contributed by atoms with Crippen LogP contribution in [-0.2, 0) is 14.6 Å². The number of carbonyl (C=O) groups excluding carboxylic acids is 1. The quantitative estimate of drug-likeness (QED) is 0.805. The van der Waals surface area contributed by atoms with Crippen molar-refractivity contribution in [2.24, 2.45) is 0 Å². The van der Waals surface area contributed by atoms with Crippen LogP contribution in [0.2, 0.25) is 0 Å². The number of piperazine rings is 1. The van der Waals surface area contributed by atoms with Crippen molar-refractivity contribution in [2.45, 2.75) is 36.7 Å². The summed E-state index contributed by atoms with van der Waals surface area (Å²) in [6.45, 7) is 6.57. The molecule has 3 heterocycles. The Kier molecular flexibility index (Phi) is 5.76. The third-order valence-corrected chi connectivity index (χ3v) is 6.99. The normalized spacial score (nSPS) is 27.5. The van der Waals surface area contributed by atoms with Gasteiger partial charge in [0.2, 0.25) is 5.91 Å². The largest absolute Gasteiger partial charge is 0.351 e. The average Bonchev–Trinajstić information content (AvgIpc) is 2.97. The summed E-state index contributed by atoms with van der Waals surface area (Å²) in [4.78, 5) is 17.6. The number of hydrogen-bond acceptors (Lipinski definition) is 5. The Labute approximate surface area is 150 Å². The first-order valence-corrected chi connectivity index (χ1v) is 10.7. The van der Waals surface area contributed by atoms with Crippen LogP contribution in [-0.4, -0.2) is 74.7 Å². The molecular formula is C18H27N3O3S. The summed E-state index contributed by atoms with van der Waals surface area (Å²) in [6, 6.07) is 7.91. The van der Waals surface area contributed by atoms with Crippen molar-refractivity contribution in [2.75, 3.05) is 38.5 Å². The van der Waals surface area contributed by atoms with Gasteiger partial charge in [0, 0.05) is 32.2 Å². The first-order valence-electron chi connectivity index (χ1n) is 9.04. The number of hydrogen-bond donors (Lipinski definition) is 1. The topological polar surface area (TPSA) is 69.7 Å². The molecule has 0 aromatic heterocycles. The van der Waals surface area contributed by atoms with E-state index in [1.54, 1.807) is 30.3 Å². The second-order valence-corrected chi connectivity index (χ2v) is 8.95. The summed E-state index contributed by atoms with van der Waals surface area (Å²) < 4.78 is 25.1. The average molecular weight is 365 g/mol. The van der Waals surface area contributed by atoms with Crippen molar-refractivity contribution < 1.29 is 13.2 Å². The van der Waals surface area contributed by atoms with Gasteiger partial charge in [-0.1, -0.05) is 25.1 Å². The van der Waals surface area contributed by atoms with Gasteiger partial charge in [-0.05, 0) is 31.5 Å². The van der Waals surface area contributed by atoms with Crippen molar-refractivity contribution >= 4 is 15.7 Å². The van der Waals surface area contributed by atoms with Gasteiger partial charge in [-0.2, -0.15) is 0 Å². The van der Waals surface area contributed by atoms with E-state index in [0.717, 1.165) is 39.1 Å². The lowest BCUT2D eigenvalue weighted by molar-refractivity contribution is -0.128. The molecule has 0 saturated carbocycles. The number of benzene rings is 1. The van der Waals surface area contributed by atoms with Crippen LogP contribution in [0.1, 0.15) is 19.8 Å². The van der Waals surface area contributed by atoms with Crippen LogP contribution >= 0.6 is 0 Å². The molecule has 0 radical (unpaired) electrons. The van der Waals surface area contributed by atoms with Crippen LogP contribution in [0.15, 0.2) is 35.2 Å². The van der Waals surface area contributed by atoms with Crippen molar-refractivity contribution in [3.63, 3.8) is 0 Å². The number of fused-ring (bicyclic) bond motifs is 4. The van der Waals surface area contributed by atoms with Crippen molar-refractivity contribution in [1.29, 1.82) is 0 Å². The standard InChI is InChI=1S/C18H27N3O3S/c1-2-15(14-25(23,24)16-7-4-3-5-8-16)19-18(22)17-13-20-9-6-10-21(17)12-11-20/h3-5,7-8,15,17H,2,6,9-14H2,1H3,(H,19,22). The van der Waals surface area contributed by atoms with E-state index in [-0.39, 0.29) is 23.7 Å². The molecule has 0 aliphatic carbocycles. The minimum atomic E-state index is -3.40. The van der Waals surface area contributed by atoms with E-state index in [9.17, 15) is 13.2 Å². The number of sulfone groups is 1. The lowest BCUT2D eigenvalue weighted by Gasteiger charge is -2.37. The fraction of sp³-hybridized carbons (Fsp3) is 0.611. The predicted octanol–water partition coefficient (Wildman–Crippen LogP) is 0.745. The molecule has 1 aromatic carbocycles. The number of carbonyl (C=O) groups is 1. The third-order valence-electron chi connectivity index (χ3n) is 5.16. The Morgan fingerprint density at radius 2 is 1.96 bits per heavy atom. The first kappa shape index (κ1) is 18.4. The number of nitrogens with zero attached hydrogens (tertiary/aromatic N) is 2. The molecule has 3 saturated heterocycles.